The van der Waals surface area contributed by atoms with Gasteiger partial charge < -0.3 is 4.74 Å². The summed E-state index contributed by atoms with van der Waals surface area (Å²) < 4.78 is 30.3. The van der Waals surface area contributed by atoms with Crippen LogP contribution in [-0.2, 0) is 22.2 Å². The number of halogens is 1. The summed E-state index contributed by atoms with van der Waals surface area (Å²) >= 11 is 0. The van der Waals surface area contributed by atoms with E-state index in [1.807, 2.05) is 6.92 Å². The quantitative estimate of drug-likeness (QED) is 0.787. The van der Waals surface area contributed by atoms with E-state index < -0.39 is 9.05 Å². The molecule has 0 saturated carbocycles. The van der Waals surface area contributed by atoms with Gasteiger partial charge in [-0.05, 0) is 44.0 Å². The second-order valence-electron chi connectivity index (χ2n) is 4.53. The molecule has 0 amide bonds. The van der Waals surface area contributed by atoms with Gasteiger partial charge >= 0.3 is 0 Å². The average molecular weight is 330 g/mol. The van der Waals surface area contributed by atoms with Gasteiger partial charge in [0.2, 0.25) is 0 Å². The number of benzene rings is 1. The van der Waals surface area contributed by atoms with Gasteiger partial charge in [-0.3, -0.25) is 0 Å². The first kappa shape index (κ1) is 15.8. The summed E-state index contributed by atoms with van der Waals surface area (Å²) in [6.45, 7) is 6.43. The normalized spacial score (nSPS) is 11.6. The Bertz CT molecular complexity index is 756. The molecule has 0 aliphatic heterocycles. The molecule has 0 unspecified atom stereocenters. The number of aromatic nitrogens is 3. The summed E-state index contributed by atoms with van der Waals surface area (Å²) in [6.07, 6.45) is 1.48. The van der Waals surface area contributed by atoms with Crippen LogP contribution in [0.25, 0.3) is 0 Å². The summed E-state index contributed by atoms with van der Waals surface area (Å²) in [5, 5.41) is 4.06. The van der Waals surface area contributed by atoms with E-state index in [9.17, 15) is 8.42 Å². The molecule has 0 spiro atoms. The van der Waals surface area contributed by atoms with Crippen molar-refractivity contribution in [3.8, 4) is 5.75 Å². The monoisotopic (exact) mass is 329 g/mol. The summed E-state index contributed by atoms with van der Waals surface area (Å²) in [5.41, 5.74) is 1.32. The third kappa shape index (κ3) is 3.36. The van der Waals surface area contributed by atoms with Crippen molar-refractivity contribution in [3.05, 3.63) is 35.4 Å². The molecule has 0 aliphatic carbocycles. The molecule has 1 aromatic carbocycles. The lowest BCUT2D eigenvalue weighted by Gasteiger charge is -2.13. The summed E-state index contributed by atoms with van der Waals surface area (Å²) in [7, 11) is 1.64. The third-order valence-electron chi connectivity index (χ3n) is 3.30. The minimum Gasteiger partial charge on any atom is -0.485 e. The van der Waals surface area contributed by atoms with Gasteiger partial charge in [0.05, 0.1) is 4.90 Å². The fraction of sp³-hybridized carbons (Fsp3) is 0.385. The Morgan fingerprint density at radius 1 is 1.29 bits per heavy atom. The number of nitrogens with zero attached hydrogens (tertiary/aromatic N) is 3. The molecule has 0 radical (unpaired) electrons. The Balaban J connectivity index is 2.24. The zero-order valence-electron chi connectivity index (χ0n) is 12.0. The van der Waals surface area contributed by atoms with Gasteiger partial charge in [0, 0.05) is 17.2 Å². The highest BCUT2D eigenvalue weighted by atomic mass is 35.7. The molecule has 21 heavy (non-hydrogen) atoms. The maximum absolute atomic E-state index is 11.4. The van der Waals surface area contributed by atoms with E-state index in [4.69, 9.17) is 15.4 Å². The van der Waals surface area contributed by atoms with E-state index in [0.717, 1.165) is 5.56 Å². The van der Waals surface area contributed by atoms with Crippen LogP contribution in [0.15, 0.2) is 23.4 Å². The SMILES string of the molecule is CCn1ncnc1COc1ccc(S(=O)(=O)Cl)c(C)c1C. The molecular formula is C13H16ClN3O3S. The van der Waals surface area contributed by atoms with Crippen LogP contribution in [0, 0.1) is 13.8 Å². The number of rotatable bonds is 5. The molecule has 2 rings (SSSR count). The van der Waals surface area contributed by atoms with E-state index in [0.29, 0.717) is 23.7 Å². The molecular weight excluding hydrogens is 314 g/mol. The fourth-order valence-corrected chi connectivity index (χ4v) is 3.25. The summed E-state index contributed by atoms with van der Waals surface area (Å²) in [6, 6.07) is 3.05. The van der Waals surface area contributed by atoms with Crippen LogP contribution in [0.1, 0.15) is 23.9 Å². The van der Waals surface area contributed by atoms with Crippen LogP contribution < -0.4 is 4.74 Å². The zero-order chi connectivity index (χ0) is 15.6. The summed E-state index contributed by atoms with van der Waals surface area (Å²) in [4.78, 5) is 4.22. The topological polar surface area (TPSA) is 74.1 Å². The maximum Gasteiger partial charge on any atom is 0.261 e. The van der Waals surface area contributed by atoms with Crippen LogP contribution in [-0.4, -0.2) is 23.2 Å². The van der Waals surface area contributed by atoms with Crippen LogP contribution in [0.3, 0.4) is 0 Å². The molecule has 2 aromatic rings. The van der Waals surface area contributed by atoms with Gasteiger partial charge in [0.25, 0.3) is 9.05 Å². The molecule has 1 heterocycles. The second kappa shape index (κ2) is 6.03. The van der Waals surface area contributed by atoms with Gasteiger partial charge in [-0.2, -0.15) is 5.10 Å². The first-order chi connectivity index (χ1) is 9.84. The van der Waals surface area contributed by atoms with Crippen molar-refractivity contribution in [2.45, 2.75) is 38.8 Å². The predicted octanol–water partition coefficient (Wildman–Crippen LogP) is 2.42. The lowest BCUT2D eigenvalue weighted by molar-refractivity contribution is 0.285. The van der Waals surface area contributed by atoms with Crippen LogP contribution >= 0.6 is 10.7 Å². The smallest absolute Gasteiger partial charge is 0.261 e. The minimum atomic E-state index is -3.75. The first-order valence-electron chi connectivity index (χ1n) is 6.39. The Morgan fingerprint density at radius 2 is 2.00 bits per heavy atom. The van der Waals surface area contributed by atoms with E-state index in [1.54, 1.807) is 24.6 Å². The standard InChI is InChI=1S/C13H16ClN3O3S/c1-4-17-13(15-8-16-17)7-20-11-5-6-12(21(14,18)19)10(3)9(11)2/h5-6,8H,4,7H2,1-3H3. The number of hydrogen-bond donors (Lipinski definition) is 0. The molecule has 0 fully saturated rings. The van der Waals surface area contributed by atoms with Crippen molar-refractivity contribution in [3.63, 3.8) is 0 Å². The van der Waals surface area contributed by atoms with Crippen molar-refractivity contribution in [1.82, 2.24) is 14.8 Å². The van der Waals surface area contributed by atoms with E-state index in [1.165, 1.54) is 12.4 Å². The van der Waals surface area contributed by atoms with Crippen molar-refractivity contribution in [1.29, 1.82) is 0 Å². The zero-order valence-corrected chi connectivity index (χ0v) is 13.6. The minimum absolute atomic E-state index is 0.103. The second-order valence-corrected chi connectivity index (χ2v) is 7.06. The highest BCUT2D eigenvalue weighted by molar-refractivity contribution is 8.13. The largest absolute Gasteiger partial charge is 0.485 e. The molecule has 114 valence electrons. The van der Waals surface area contributed by atoms with Gasteiger partial charge in [-0.15, -0.1) is 0 Å². The van der Waals surface area contributed by atoms with E-state index in [-0.39, 0.29) is 11.5 Å². The highest BCUT2D eigenvalue weighted by Gasteiger charge is 2.17. The molecule has 6 nitrogen and oxygen atoms in total. The van der Waals surface area contributed by atoms with E-state index in [2.05, 4.69) is 10.1 Å². The Labute approximate surface area is 128 Å². The number of hydrogen-bond acceptors (Lipinski definition) is 5. The summed E-state index contributed by atoms with van der Waals surface area (Å²) in [5.74, 6) is 1.31. The first-order valence-corrected chi connectivity index (χ1v) is 8.70. The van der Waals surface area contributed by atoms with Gasteiger partial charge in [-0.1, -0.05) is 0 Å². The number of aryl methyl sites for hydroxylation is 1. The highest BCUT2D eigenvalue weighted by Crippen LogP contribution is 2.29. The van der Waals surface area contributed by atoms with Crippen molar-refractivity contribution in [2.75, 3.05) is 0 Å². The Morgan fingerprint density at radius 3 is 2.62 bits per heavy atom. The number of ether oxygens (including phenoxy) is 1. The molecule has 1 aromatic heterocycles. The van der Waals surface area contributed by atoms with Crippen molar-refractivity contribution < 1.29 is 13.2 Å². The molecule has 0 N–H and O–H groups in total. The Hall–Kier alpha value is -1.60. The molecule has 0 aliphatic rings. The molecule has 0 atom stereocenters. The average Bonchev–Trinajstić information content (AvgIpc) is 2.86. The van der Waals surface area contributed by atoms with Gasteiger partial charge in [0.1, 0.15) is 18.7 Å². The Kier molecular flexibility index (Phi) is 4.53. The van der Waals surface area contributed by atoms with E-state index >= 15 is 0 Å². The van der Waals surface area contributed by atoms with Crippen LogP contribution in [0.4, 0.5) is 0 Å². The van der Waals surface area contributed by atoms with Crippen LogP contribution in [0.5, 0.6) is 5.75 Å². The maximum atomic E-state index is 11.4. The van der Waals surface area contributed by atoms with Crippen molar-refractivity contribution >= 4 is 19.7 Å². The fourth-order valence-electron chi connectivity index (χ4n) is 2.00. The van der Waals surface area contributed by atoms with Crippen molar-refractivity contribution in [2.24, 2.45) is 0 Å². The molecule has 8 heteroatoms. The molecule has 0 saturated heterocycles. The lowest BCUT2D eigenvalue weighted by Crippen LogP contribution is -2.08. The molecule has 0 bridgehead atoms. The predicted molar refractivity (Wildman–Crippen MR) is 79.0 cm³/mol. The van der Waals surface area contributed by atoms with Gasteiger partial charge in [0.15, 0.2) is 5.82 Å². The lowest BCUT2D eigenvalue weighted by atomic mass is 10.1. The van der Waals surface area contributed by atoms with Crippen LogP contribution in [0.2, 0.25) is 0 Å². The third-order valence-corrected chi connectivity index (χ3v) is 4.77. The van der Waals surface area contributed by atoms with Gasteiger partial charge in [-0.25, -0.2) is 18.1 Å².